The van der Waals surface area contributed by atoms with Gasteiger partial charge < -0.3 is 9.30 Å². The van der Waals surface area contributed by atoms with Gasteiger partial charge in [0.2, 0.25) is 0 Å². The molecular weight excluding hydrogens is 332 g/mol. The van der Waals surface area contributed by atoms with Crippen LogP contribution < -0.4 is 9.54 Å². The van der Waals surface area contributed by atoms with Crippen LogP contribution in [0.25, 0.3) is 10.2 Å². The highest BCUT2D eigenvalue weighted by Gasteiger charge is 2.09. The zero-order chi connectivity index (χ0) is 17.8. The van der Waals surface area contributed by atoms with E-state index in [1.165, 1.54) is 11.3 Å². The molecule has 0 spiro atoms. The minimum absolute atomic E-state index is 0.294. The molecule has 0 fully saturated rings. The quantitative estimate of drug-likeness (QED) is 0.672. The first-order valence-electron chi connectivity index (χ1n) is 7.97. The van der Waals surface area contributed by atoms with Crippen LogP contribution in [0.2, 0.25) is 0 Å². The number of nitrogens with zero attached hydrogens (tertiary/aromatic N) is 2. The standard InChI is InChI=1S/C20H18N2O2S/c1-4-12-22-17-11-6-14(3)13-18(17)25-20(22)21-19(23)15-7-9-16(10-8-15)24-5-2/h1,6-11,13H,5,12H2,2-3H3. The molecule has 0 atom stereocenters. The molecule has 0 aliphatic rings. The Labute approximate surface area is 150 Å². The van der Waals surface area contributed by atoms with Crippen LogP contribution in [-0.2, 0) is 6.54 Å². The van der Waals surface area contributed by atoms with Crippen molar-refractivity contribution >= 4 is 27.5 Å². The summed E-state index contributed by atoms with van der Waals surface area (Å²) in [7, 11) is 0. The van der Waals surface area contributed by atoms with Gasteiger partial charge in [-0.05, 0) is 55.8 Å². The Kier molecular flexibility index (Phi) is 5.01. The third-order valence-corrected chi connectivity index (χ3v) is 4.74. The Morgan fingerprint density at radius 1 is 1.28 bits per heavy atom. The zero-order valence-electron chi connectivity index (χ0n) is 14.2. The van der Waals surface area contributed by atoms with E-state index in [1.807, 2.05) is 30.5 Å². The summed E-state index contributed by atoms with van der Waals surface area (Å²) in [6, 6.07) is 13.1. The van der Waals surface area contributed by atoms with E-state index in [2.05, 4.69) is 17.0 Å². The minimum Gasteiger partial charge on any atom is -0.494 e. The van der Waals surface area contributed by atoms with Crippen LogP contribution in [0, 0.1) is 19.3 Å². The fourth-order valence-electron chi connectivity index (χ4n) is 2.52. The molecule has 0 bridgehead atoms. The van der Waals surface area contributed by atoms with Crippen LogP contribution >= 0.6 is 11.3 Å². The zero-order valence-corrected chi connectivity index (χ0v) is 15.0. The molecular formula is C20H18N2O2S. The Bertz CT molecular complexity index is 1020. The summed E-state index contributed by atoms with van der Waals surface area (Å²) in [6.45, 7) is 4.91. The fraction of sp³-hybridized carbons (Fsp3) is 0.200. The molecule has 0 unspecified atom stereocenters. The number of thiazole rings is 1. The predicted molar refractivity (Wildman–Crippen MR) is 101 cm³/mol. The van der Waals surface area contributed by atoms with Crippen molar-refractivity contribution in [1.82, 2.24) is 4.57 Å². The molecule has 126 valence electrons. The number of aryl methyl sites for hydroxylation is 1. The molecule has 4 nitrogen and oxygen atoms in total. The monoisotopic (exact) mass is 350 g/mol. The van der Waals surface area contributed by atoms with Crippen molar-refractivity contribution in [2.75, 3.05) is 6.61 Å². The van der Waals surface area contributed by atoms with E-state index in [-0.39, 0.29) is 5.91 Å². The number of terminal acetylenes is 1. The number of ether oxygens (including phenoxy) is 1. The van der Waals surface area contributed by atoms with Gasteiger partial charge in [-0.25, -0.2) is 0 Å². The highest BCUT2D eigenvalue weighted by atomic mass is 32.1. The van der Waals surface area contributed by atoms with Crippen LogP contribution in [0.3, 0.4) is 0 Å². The van der Waals surface area contributed by atoms with Gasteiger partial charge in [-0.2, -0.15) is 4.99 Å². The normalized spacial score (nSPS) is 11.5. The van der Waals surface area contributed by atoms with Gasteiger partial charge in [0, 0.05) is 5.56 Å². The first-order chi connectivity index (χ1) is 12.1. The Hall–Kier alpha value is -2.84. The van der Waals surface area contributed by atoms with E-state index in [9.17, 15) is 4.79 Å². The van der Waals surface area contributed by atoms with Crippen LogP contribution in [0.1, 0.15) is 22.8 Å². The number of hydrogen-bond donors (Lipinski definition) is 0. The largest absolute Gasteiger partial charge is 0.494 e. The van der Waals surface area contributed by atoms with Gasteiger partial charge in [-0.3, -0.25) is 4.79 Å². The summed E-state index contributed by atoms with van der Waals surface area (Å²) in [5.41, 5.74) is 2.67. The van der Waals surface area contributed by atoms with E-state index in [1.54, 1.807) is 24.3 Å². The maximum absolute atomic E-state index is 12.5. The van der Waals surface area contributed by atoms with E-state index in [4.69, 9.17) is 11.2 Å². The SMILES string of the molecule is C#CCn1c(=NC(=O)c2ccc(OCC)cc2)sc2cc(C)ccc21. The van der Waals surface area contributed by atoms with Crippen molar-refractivity contribution in [3.63, 3.8) is 0 Å². The van der Waals surface area contributed by atoms with Crippen LogP contribution in [-0.4, -0.2) is 17.1 Å². The molecule has 3 rings (SSSR count). The summed E-state index contributed by atoms with van der Waals surface area (Å²) >= 11 is 1.47. The van der Waals surface area contributed by atoms with Gasteiger partial charge in [-0.1, -0.05) is 23.3 Å². The van der Waals surface area contributed by atoms with Gasteiger partial charge in [-0.15, -0.1) is 6.42 Å². The number of carbonyl (C=O) groups excluding carboxylic acids is 1. The van der Waals surface area contributed by atoms with Gasteiger partial charge >= 0.3 is 0 Å². The summed E-state index contributed by atoms with van der Waals surface area (Å²) in [5, 5.41) is 0. The molecule has 0 aliphatic carbocycles. The van der Waals surface area contributed by atoms with Crippen molar-refractivity contribution in [3.8, 4) is 18.1 Å². The van der Waals surface area contributed by atoms with E-state index in [0.29, 0.717) is 23.5 Å². The summed E-state index contributed by atoms with van der Waals surface area (Å²) in [5.74, 6) is 3.07. The van der Waals surface area contributed by atoms with Crippen LogP contribution in [0.15, 0.2) is 47.5 Å². The summed E-state index contributed by atoms with van der Waals surface area (Å²) in [4.78, 5) is 17.4. The fourth-order valence-corrected chi connectivity index (χ4v) is 3.65. The molecule has 5 heteroatoms. The molecule has 2 aromatic carbocycles. The first kappa shape index (κ1) is 17.0. The molecule has 25 heavy (non-hydrogen) atoms. The molecule has 0 saturated heterocycles. The first-order valence-corrected chi connectivity index (χ1v) is 8.79. The lowest BCUT2D eigenvalue weighted by atomic mass is 10.2. The molecule has 1 aromatic heterocycles. The number of hydrogen-bond acceptors (Lipinski definition) is 3. The Morgan fingerprint density at radius 2 is 2.04 bits per heavy atom. The lowest BCUT2D eigenvalue weighted by Crippen LogP contribution is -2.16. The average Bonchev–Trinajstić information content (AvgIpc) is 2.92. The molecule has 1 amide bonds. The highest BCUT2D eigenvalue weighted by molar-refractivity contribution is 7.16. The van der Waals surface area contributed by atoms with E-state index >= 15 is 0 Å². The summed E-state index contributed by atoms with van der Waals surface area (Å²) in [6.07, 6.45) is 5.49. The topological polar surface area (TPSA) is 43.6 Å². The van der Waals surface area contributed by atoms with Gasteiger partial charge in [0.05, 0.1) is 23.4 Å². The van der Waals surface area contributed by atoms with Crippen LogP contribution in [0.4, 0.5) is 0 Å². The molecule has 0 saturated carbocycles. The second-order valence-electron chi connectivity index (χ2n) is 5.52. The number of aromatic nitrogens is 1. The van der Waals surface area contributed by atoms with Gasteiger partial charge in [0.15, 0.2) is 4.80 Å². The molecule has 0 aliphatic heterocycles. The number of benzene rings is 2. The minimum atomic E-state index is -0.294. The van der Waals surface area contributed by atoms with Crippen molar-refractivity contribution in [2.45, 2.75) is 20.4 Å². The van der Waals surface area contributed by atoms with Gasteiger partial charge in [0.1, 0.15) is 5.75 Å². The maximum Gasteiger partial charge on any atom is 0.279 e. The number of carbonyl (C=O) groups is 1. The Balaban J connectivity index is 2.03. The maximum atomic E-state index is 12.5. The summed E-state index contributed by atoms with van der Waals surface area (Å²) < 4.78 is 8.35. The van der Waals surface area contributed by atoms with Gasteiger partial charge in [0.25, 0.3) is 5.91 Å². The number of rotatable bonds is 4. The average molecular weight is 350 g/mol. The molecule has 0 radical (unpaired) electrons. The number of fused-ring (bicyclic) bond motifs is 1. The third kappa shape index (κ3) is 3.65. The smallest absolute Gasteiger partial charge is 0.279 e. The van der Waals surface area contributed by atoms with Crippen LogP contribution in [0.5, 0.6) is 5.75 Å². The van der Waals surface area contributed by atoms with E-state index < -0.39 is 0 Å². The van der Waals surface area contributed by atoms with Crippen molar-refractivity contribution < 1.29 is 9.53 Å². The van der Waals surface area contributed by atoms with Crippen molar-refractivity contribution in [2.24, 2.45) is 4.99 Å². The lowest BCUT2D eigenvalue weighted by molar-refractivity contribution is 0.0998. The van der Waals surface area contributed by atoms with Crippen molar-refractivity contribution in [1.29, 1.82) is 0 Å². The number of amides is 1. The lowest BCUT2D eigenvalue weighted by Gasteiger charge is -2.03. The third-order valence-electron chi connectivity index (χ3n) is 3.70. The van der Waals surface area contributed by atoms with Crippen molar-refractivity contribution in [3.05, 3.63) is 58.4 Å². The molecule has 0 N–H and O–H groups in total. The molecule has 1 heterocycles. The second-order valence-corrected chi connectivity index (χ2v) is 6.53. The Morgan fingerprint density at radius 3 is 2.72 bits per heavy atom. The second kappa shape index (κ2) is 7.37. The van der Waals surface area contributed by atoms with E-state index in [0.717, 1.165) is 21.5 Å². The predicted octanol–water partition coefficient (Wildman–Crippen LogP) is 3.78. The molecule has 3 aromatic rings. The highest BCUT2D eigenvalue weighted by Crippen LogP contribution is 2.19.